The van der Waals surface area contributed by atoms with Gasteiger partial charge in [0.15, 0.2) is 11.2 Å². The molecule has 0 spiro atoms. The summed E-state index contributed by atoms with van der Waals surface area (Å²) in [5, 5.41) is 8.57. The second kappa shape index (κ2) is 27.8. The van der Waals surface area contributed by atoms with Gasteiger partial charge in [0.25, 0.3) is 0 Å². The number of hydrogen-bond acceptors (Lipinski definition) is 3. The van der Waals surface area contributed by atoms with Gasteiger partial charge < -0.3 is 32.5 Å². The van der Waals surface area contributed by atoms with Crippen molar-refractivity contribution in [2.45, 2.75) is 163 Å². The molecule has 1 unspecified atom stereocenters. The first-order valence-corrected chi connectivity index (χ1v) is 45.1. The third-order valence-electron chi connectivity index (χ3n) is 27.7. The Hall–Kier alpha value is -13.9. The van der Waals surface area contributed by atoms with Gasteiger partial charge in [-0.25, -0.2) is 0 Å². The molecule has 7 nitrogen and oxygen atoms in total. The average Bonchev–Trinajstić information content (AvgIpc) is 1.34. The molecule has 16 aromatic carbocycles. The van der Waals surface area contributed by atoms with Crippen LogP contribution in [0.2, 0.25) is 0 Å². The number of hydrogen-bond donors (Lipinski definition) is 0. The number of fused-ring (bicyclic) bond motifs is 19. The first kappa shape index (κ1) is 70.3. The summed E-state index contributed by atoms with van der Waals surface area (Å²) in [6.07, 6.45) is 0. The highest BCUT2D eigenvalue weighted by Crippen LogP contribution is 2.64. The van der Waals surface area contributed by atoms with Crippen molar-refractivity contribution in [3.8, 4) is 45.0 Å². The second-order valence-electron chi connectivity index (χ2n) is 42.1. The molecular weight excluding hydrogens is 1550 g/mol. The van der Waals surface area contributed by atoms with Crippen LogP contribution in [0.25, 0.3) is 154 Å². The quantitative estimate of drug-likeness (QED) is 0.152. The maximum absolute atomic E-state index is 10.4. The Morgan fingerprint density at radius 1 is 0.227 bits per heavy atom. The van der Waals surface area contributed by atoms with E-state index in [9.17, 15) is 11.0 Å². The molecule has 128 heavy (non-hydrogen) atoms. The molecule has 2 aliphatic rings. The van der Waals surface area contributed by atoms with E-state index in [1.54, 1.807) is 4.57 Å². The van der Waals surface area contributed by atoms with Crippen molar-refractivity contribution in [2.75, 3.05) is 9.80 Å². The molecule has 0 saturated heterocycles. The van der Waals surface area contributed by atoms with Gasteiger partial charge in [-0.05, 0) is 251 Å². The molecule has 0 fully saturated rings. The minimum atomic E-state index is -0.587. The van der Waals surface area contributed by atoms with Gasteiger partial charge in [0, 0.05) is 82.4 Å². The van der Waals surface area contributed by atoms with E-state index in [1.807, 2.05) is 12.1 Å². The summed E-state index contributed by atoms with van der Waals surface area (Å²) in [7, 11) is 0. The lowest BCUT2D eigenvalue weighted by atomic mass is 9.75. The Labute approximate surface area is 761 Å². The van der Waals surface area contributed by atoms with Crippen LogP contribution in [0.4, 0.5) is 34.1 Å². The number of benzene rings is 16. The van der Waals surface area contributed by atoms with Crippen LogP contribution in [-0.4, -0.2) is 18.3 Å². The highest BCUT2D eigenvalue weighted by atomic mass is 16.3. The topological polar surface area (TPSA) is 39.3 Å². The van der Waals surface area contributed by atoms with Crippen molar-refractivity contribution in [3.63, 3.8) is 0 Å². The molecule has 1 atom stereocenters. The van der Waals surface area contributed by atoms with Gasteiger partial charge in [-0.1, -0.05) is 294 Å². The molecular formula is C121H108N6O. The van der Waals surface area contributed by atoms with E-state index < -0.39 is 54.3 Å². The fourth-order valence-corrected chi connectivity index (χ4v) is 20.7. The predicted molar refractivity (Wildman–Crippen MR) is 544 cm³/mol. The molecule has 21 aromatic rings. The summed E-state index contributed by atoms with van der Waals surface area (Å²) in [6, 6.07) is 97.2. The van der Waals surface area contributed by atoms with Gasteiger partial charge in [-0.2, -0.15) is 0 Å². The number of rotatable bonds is 8. The zero-order valence-electron chi connectivity index (χ0n) is 84.1. The van der Waals surface area contributed by atoms with E-state index in [2.05, 4.69) is 409 Å². The first-order chi connectivity index (χ1) is 64.6. The van der Waals surface area contributed by atoms with Crippen LogP contribution >= 0.6 is 0 Å². The summed E-state index contributed by atoms with van der Waals surface area (Å²) < 4.78 is 96.1. The molecule has 23 rings (SSSR count). The normalized spacial score (nSPS) is 14.9. The molecule has 0 amide bonds. The van der Waals surface area contributed by atoms with Crippen molar-refractivity contribution < 1.29 is 15.4 Å². The smallest absolute Gasteiger partial charge is 0.159 e. The molecule has 0 N–H and O–H groups in total. The summed E-state index contributed by atoms with van der Waals surface area (Å²) in [5.74, 6) is -0.587. The van der Waals surface area contributed by atoms with E-state index in [0.29, 0.717) is 33.9 Å². The van der Waals surface area contributed by atoms with Gasteiger partial charge in [0.2, 0.25) is 0 Å². The van der Waals surface area contributed by atoms with Crippen LogP contribution in [0.3, 0.4) is 0 Å². The Balaban J connectivity index is 0.898. The van der Waals surface area contributed by atoms with Crippen molar-refractivity contribution in [1.29, 1.82) is 0 Å². The Bertz CT molecular complexity index is 8430. The van der Waals surface area contributed by atoms with Gasteiger partial charge in [0.05, 0.1) is 94.9 Å². The largest absolute Gasteiger partial charge is 0.452 e. The Kier molecular flexibility index (Phi) is 15.3. The summed E-state index contributed by atoms with van der Waals surface area (Å²) in [5.41, 5.74) is 28.3. The number of anilines is 6. The first-order valence-electron chi connectivity index (χ1n) is 49.1. The molecule has 628 valence electrons. The average molecular weight is 1670 g/mol. The lowest BCUT2D eigenvalue weighted by molar-refractivity contribution is 0.590. The molecule has 7 heterocycles. The zero-order valence-corrected chi connectivity index (χ0v) is 76.1. The highest BCUT2D eigenvalue weighted by Gasteiger charge is 2.44. The van der Waals surface area contributed by atoms with Crippen molar-refractivity contribution in [2.24, 2.45) is 0 Å². The fraction of sp³-hybridized carbons (Fsp3) is 0.207. The van der Waals surface area contributed by atoms with Crippen LogP contribution in [0, 0.1) is 0 Å². The third-order valence-corrected chi connectivity index (χ3v) is 27.7. The SMILES string of the molecule is [2H]c1c([2H])c([2H])c2c(c1[2H])c1c([2H])c([2H])c([2H])c([2H])c1n2-c1cc2c3c(c1)N(c1cccc4c1oc1c(-n5c6ccc(C(C)(C)C)cc6c6cc(C(C)(C)C)ccc65)cccc14)c1cc(-n4c5ccc(C(C)(C)C)cc5c5cc(C(C)(C)C)ccc54)ccc1C3c1ccc(-n3c4ccc(C(C)(C)C)cc4c4cc(C(C)(C)C)ccc43)cc1N2c1cc(-c2ccccc2)cc(-c2ccccc2)c1. The predicted octanol–water partition coefficient (Wildman–Crippen LogP) is 33.8. The highest BCUT2D eigenvalue weighted by molar-refractivity contribution is 6.18. The lowest BCUT2D eigenvalue weighted by Crippen LogP contribution is -2.30. The van der Waals surface area contributed by atoms with E-state index in [1.165, 1.54) is 33.4 Å². The van der Waals surface area contributed by atoms with Crippen LogP contribution in [0.1, 0.15) is 192 Å². The number of para-hydroxylation sites is 4. The standard InChI is InChI=1S/C121H108N6O/c1-116(2,3)76-43-53-100-92(62-76)93-63-77(117(4,5)6)44-54-101(93)122(100)82-49-51-90-108(68-82)125(84-60-74(72-31-21-19-22-32-72)59-75(61-84)73-33-23-20-24-34-73)110-70-85(124-98-39-27-25-35-86(98)87-36-26-28-40-99(87)124)71-111-113(110)112(90)91-52-50-83(123-102-55-45-78(118(7,8)9)64-94(102)95-65-79(119(10,11)12)46-56-103(95)123)69-109(91)127(111)107-42-30-38-89-88-37-29-41-106(114(88)128-115(89)107)126-104-57-47-80(120(13,14)15)66-96(104)97-67-81(121(16,17)18)48-58-105(97)126/h19-71,112H,1-18H3/i25D,26D,27D,28D,35D,36D,39D,40D. The van der Waals surface area contributed by atoms with Crippen molar-refractivity contribution in [3.05, 3.63) is 371 Å². The van der Waals surface area contributed by atoms with E-state index >= 15 is 0 Å². The van der Waals surface area contributed by atoms with Crippen LogP contribution in [-0.2, 0) is 32.5 Å². The van der Waals surface area contributed by atoms with Crippen LogP contribution in [0.5, 0.6) is 0 Å². The van der Waals surface area contributed by atoms with Gasteiger partial charge >= 0.3 is 0 Å². The molecule has 7 heteroatoms. The number of nitrogens with zero attached hydrogens (tertiary/aromatic N) is 6. The van der Waals surface area contributed by atoms with E-state index in [4.69, 9.17) is 4.42 Å². The third kappa shape index (κ3) is 12.3. The zero-order chi connectivity index (χ0) is 95.0. The molecule has 0 bridgehead atoms. The molecule has 0 saturated carbocycles. The van der Waals surface area contributed by atoms with E-state index in [0.717, 1.165) is 149 Å². The lowest BCUT2D eigenvalue weighted by Gasteiger charge is -2.45. The number of aromatic nitrogens is 4. The van der Waals surface area contributed by atoms with Crippen molar-refractivity contribution >= 4 is 143 Å². The van der Waals surface area contributed by atoms with Crippen LogP contribution < -0.4 is 9.80 Å². The summed E-state index contributed by atoms with van der Waals surface area (Å²) in [4.78, 5) is 4.77. The second-order valence-corrected chi connectivity index (χ2v) is 42.1. The molecule has 0 radical (unpaired) electrons. The van der Waals surface area contributed by atoms with Gasteiger partial charge in [-0.15, -0.1) is 0 Å². The summed E-state index contributed by atoms with van der Waals surface area (Å²) in [6.45, 7) is 41.0. The minimum Gasteiger partial charge on any atom is -0.452 e. The van der Waals surface area contributed by atoms with Crippen molar-refractivity contribution in [1.82, 2.24) is 18.3 Å². The fourth-order valence-electron chi connectivity index (χ4n) is 20.7. The minimum absolute atomic E-state index is 0.00309. The monoisotopic (exact) mass is 1670 g/mol. The molecule has 5 aromatic heterocycles. The number of furan rings is 1. The maximum Gasteiger partial charge on any atom is 0.159 e. The van der Waals surface area contributed by atoms with Crippen LogP contribution in [0.15, 0.2) is 326 Å². The Morgan fingerprint density at radius 2 is 0.555 bits per heavy atom. The maximum atomic E-state index is 10.4. The molecule has 2 aliphatic heterocycles. The van der Waals surface area contributed by atoms with E-state index in [-0.39, 0.29) is 54.3 Å². The molecule has 0 aliphatic carbocycles. The summed E-state index contributed by atoms with van der Waals surface area (Å²) >= 11 is 0. The van der Waals surface area contributed by atoms with Gasteiger partial charge in [-0.3, -0.25) is 0 Å². The van der Waals surface area contributed by atoms with Gasteiger partial charge in [0.1, 0.15) is 0 Å². The Morgan fingerprint density at radius 3 is 0.938 bits per heavy atom.